The minimum absolute atomic E-state index is 0.254. The lowest BCUT2D eigenvalue weighted by molar-refractivity contribution is -0.136. The van der Waals surface area contributed by atoms with E-state index in [0.717, 1.165) is 26.8 Å². The zero-order chi connectivity index (χ0) is 16.4. The standard InChI is InChI=1S/C17H21NO3S/c1-10-6-8-14(9-7-10)22(20)16-11(2)15(17(19)21-5)12(3)18-13(16)4/h6-9,11,18H,1-5H3/t11-,22?/m1/s1. The van der Waals surface area contributed by atoms with Gasteiger partial charge < -0.3 is 10.1 Å². The number of carbonyl (C=O) groups is 1. The zero-order valence-corrected chi connectivity index (χ0v) is 14.3. The van der Waals surface area contributed by atoms with Crippen molar-refractivity contribution in [3.8, 4) is 0 Å². The van der Waals surface area contributed by atoms with Crippen molar-refractivity contribution in [2.75, 3.05) is 7.11 Å². The van der Waals surface area contributed by atoms with Gasteiger partial charge in [0.25, 0.3) is 0 Å². The Balaban J connectivity index is 2.42. The van der Waals surface area contributed by atoms with Gasteiger partial charge in [-0.2, -0.15) is 0 Å². The number of dihydropyridines is 1. The van der Waals surface area contributed by atoms with Gasteiger partial charge in [-0.15, -0.1) is 0 Å². The van der Waals surface area contributed by atoms with Crippen molar-refractivity contribution in [1.29, 1.82) is 0 Å². The highest BCUT2D eigenvalue weighted by molar-refractivity contribution is 7.89. The van der Waals surface area contributed by atoms with E-state index >= 15 is 0 Å². The van der Waals surface area contributed by atoms with Crippen molar-refractivity contribution >= 4 is 16.8 Å². The summed E-state index contributed by atoms with van der Waals surface area (Å²) in [5.41, 5.74) is 3.23. The number of benzene rings is 1. The van der Waals surface area contributed by atoms with Gasteiger partial charge in [-0.25, -0.2) is 9.00 Å². The number of rotatable bonds is 3. The number of aryl methyl sites for hydroxylation is 1. The second-order valence-corrected chi connectivity index (χ2v) is 6.90. The molecule has 1 N–H and O–H groups in total. The topological polar surface area (TPSA) is 55.4 Å². The Bertz CT molecular complexity index is 686. The summed E-state index contributed by atoms with van der Waals surface area (Å²) in [6, 6.07) is 7.60. The van der Waals surface area contributed by atoms with Gasteiger partial charge in [0, 0.05) is 27.1 Å². The van der Waals surface area contributed by atoms with E-state index in [9.17, 15) is 9.00 Å². The average molecular weight is 319 g/mol. The van der Waals surface area contributed by atoms with Crippen molar-refractivity contribution in [3.63, 3.8) is 0 Å². The first-order valence-electron chi connectivity index (χ1n) is 7.12. The van der Waals surface area contributed by atoms with Crippen LogP contribution in [-0.4, -0.2) is 17.3 Å². The normalized spacial score (nSPS) is 19.8. The van der Waals surface area contributed by atoms with Gasteiger partial charge in [-0.1, -0.05) is 24.6 Å². The predicted octanol–water partition coefficient (Wildman–Crippen LogP) is 3.02. The fourth-order valence-corrected chi connectivity index (χ4v) is 4.12. The van der Waals surface area contributed by atoms with Gasteiger partial charge in [-0.3, -0.25) is 0 Å². The molecule has 0 radical (unpaired) electrons. The molecule has 0 saturated carbocycles. The van der Waals surface area contributed by atoms with E-state index < -0.39 is 10.8 Å². The molecule has 0 aromatic heterocycles. The Morgan fingerprint density at radius 3 is 2.27 bits per heavy atom. The number of esters is 1. The van der Waals surface area contributed by atoms with Crippen LogP contribution in [0.1, 0.15) is 26.3 Å². The highest BCUT2D eigenvalue weighted by Gasteiger charge is 2.32. The van der Waals surface area contributed by atoms with Gasteiger partial charge in [0.2, 0.25) is 0 Å². The van der Waals surface area contributed by atoms with Gasteiger partial charge >= 0.3 is 5.97 Å². The summed E-state index contributed by atoms with van der Waals surface area (Å²) in [5, 5.41) is 3.15. The number of hydrogen-bond donors (Lipinski definition) is 1. The molecule has 1 heterocycles. The van der Waals surface area contributed by atoms with Crippen molar-refractivity contribution in [1.82, 2.24) is 5.32 Å². The smallest absolute Gasteiger partial charge is 0.336 e. The third-order valence-corrected chi connectivity index (χ3v) is 5.57. The SMILES string of the molecule is COC(=O)C1=C(C)NC(C)=C(S(=O)c2ccc(C)cc2)[C@@H]1C. The van der Waals surface area contributed by atoms with Gasteiger partial charge in [0.15, 0.2) is 0 Å². The summed E-state index contributed by atoms with van der Waals surface area (Å²) in [5.74, 6) is -0.640. The lowest BCUT2D eigenvalue weighted by Gasteiger charge is -2.28. The Kier molecular flexibility index (Phi) is 4.86. The number of nitrogens with one attached hydrogen (secondary N) is 1. The van der Waals surface area contributed by atoms with Crippen LogP contribution in [0, 0.1) is 12.8 Å². The molecule has 0 amide bonds. The monoisotopic (exact) mass is 319 g/mol. The molecule has 2 atom stereocenters. The zero-order valence-electron chi connectivity index (χ0n) is 13.5. The second-order valence-electron chi connectivity index (χ2n) is 5.45. The van der Waals surface area contributed by atoms with Gasteiger partial charge in [0.1, 0.15) is 0 Å². The summed E-state index contributed by atoms with van der Waals surface area (Å²) >= 11 is 0. The first kappa shape index (κ1) is 16.5. The second kappa shape index (κ2) is 6.48. The number of allylic oxidation sites excluding steroid dienone is 3. The molecule has 4 nitrogen and oxygen atoms in total. The molecule has 1 aromatic carbocycles. The van der Waals surface area contributed by atoms with E-state index in [1.165, 1.54) is 7.11 Å². The highest BCUT2D eigenvalue weighted by atomic mass is 32.2. The first-order valence-corrected chi connectivity index (χ1v) is 8.27. The molecule has 22 heavy (non-hydrogen) atoms. The van der Waals surface area contributed by atoms with Crippen LogP contribution < -0.4 is 5.32 Å². The van der Waals surface area contributed by atoms with E-state index in [4.69, 9.17) is 4.74 Å². The number of ether oxygens (including phenoxy) is 1. The molecule has 1 aromatic rings. The molecule has 0 bridgehead atoms. The Morgan fingerprint density at radius 1 is 1.14 bits per heavy atom. The predicted molar refractivity (Wildman–Crippen MR) is 87.3 cm³/mol. The van der Waals surface area contributed by atoms with Crippen LogP contribution in [-0.2, 0) is 20.3 Å². The maximum Gasteiger partial charge on any atom is 0.336 e. The van der Waals surface area contributed by atoms with Gasteiger partial charge in [-0.05, 0) is 32.9 Å². The van der Waals surface area contributed by atoms with Crippen LogP contribution in [0.15, 0.2) is 51.0 Å². The third kappa shape index (κ3) is 2.99. The third-order valence-electron chi connectivity index (χ3n) is 3.82. The molecule has 5 heteroatoms. The van der Waals surface area contributed by atoms with E-state index in [1.807, 2.05) is 52.0 Å². The number of methoxy groups -OCH3 is 1. The molecule has 1 aliphatic rings. The maximum absolute atomic E-state index is 12.9. The number of carbonyl (C=O) groups excluding carboxylic acids is 1. The van der Waals surface area contributed by atoms with Crippen LogP contribution in [0.2, 0.25) is 0 Å². The maximum atomic E-state index is 12.9. The fourth-order valence-electron chi connectivity index (χ4n) is 2.72. The van der Waals surface area contributed by atoms with E-state index in [-0.39, 0.29) is 11.9 Å². The molecule has 118 valence electrons. The Labute approximate surface area is 133 Å². The van der Waals surface area contributed by atoms with Crippen LogP contribution in [0.3, 0.4) is 0 Å². The molecular formula is C17H21NO3S. The van der Waals surface area contributed by atoms with E-state index in [0.29, 0.717) is 5.57 Å². The average Bonchev–Trinajstić information content (AvgIpc) is 2.46. The summed E-state index contributed by atoms with van der Waals surface area (Å²) in [6.45, 7) is 7.60. The largest absolute Gasteiger partial charge is 0.466 e. The lowest BCUT2D eigenvalue weighted by atomic mass is 9.95. The summed E-state index contributed by atoms with van der Waals surface area (Å²) in [4.78, 5) is 13.5. The minimum atomic E-state index is -1.32. The fraction of sp³-hybridized carbons (Fsp3) is 0.353. The van der Waals surface area contributed by atoms with Gasteiger partial charge in [0.05, 0.1) is 23.5 Å². The van der Waals surface area contributed by atoms with E-state index in [2.05, 4.69) is 5.32 Å². The molecule has 0 aliphatic carbocycles. The summed E-state index contributed by atoms with van der Waals surface area (Å²) in [7, 11) is 0.0410. The van der Waals surface area contributed by atoms with Crippen molar-refractivity contribution in [3.05, 3.63) is 51.7 Å². The quantitative estimate of drug-likeness (QED) is 0.870. The first-order chi connectivity index (χ1) is 10.4. The molecule has 0 fully saturated rings. The van der Waals surface area contributed by atoms with Crippen molar-refractivity contribution < 1.29 is 13.7 Å². The lowest BCUT2D eigenvalue weighted by Crippen LogP contribution is -2.29. The van der Waals surface area contributed by atoms with E-state index in [1.54, 1.807) is 0 Å². The summed E-state index contributed by atoms with van der Waals surface area (Å²) < 4.78 is 17.8. The highest BCUT2D eigenvalue weighted by Crippen LogP contribution is 2.34. The Hall–Kier alpha value is -1.88. The molecule has 0 spiro atoms. The Morgan fingerprint density at radius 2 is 1.73 bits per heavy atom. The molecule has 1 unspecified atom stereocenters. The summed E-state index contributed by atoms with van der Waals surface area (Å²) in [6.07, 6.45) is 0. The molecule has 2 rings (SSSR count). The molecule has 0 saturated heterocycles. The molecular weight excluding hydrogens is 298 g/mol. The van der Waals surface area contributed by atoms with Crippen molar-refractivity contribution in [2.45, 2.75) is 32.6 Å². The molecule has 1 aliphatic heterocycles. The van der Waals surface area contributed by atoms with Crippen LogP contribution >= 0.6 is 0 Å². The van der Waals surface area contributed by atoms with Crippen LogP contribution in [0.25, 0.3) is 0 Å². The minimum Gasteiger partial charge on any atom is -0.466 e. The number of hydrogen-bond acceptors (Lipinski definition) is 4. The van der Waals surface area contributed by atoms with Crippen LogP contribution in [0.4, 0.5) is 0 Å². The van der Waals surface area contributed by atoms with Crippen LogP contribution in [0.5, 0.6) is 0 Å². The van der Waals surface area contributed by atoms with Crippen molar-refractivity contribution in [2.24, 2.45) is 5.92 Å².